The molecule has 3 aromatic carbocycles. The van der Waals surface area contributed by atoms with Crippen LogP contribution in [-0.4, -0.2) is 39.7 Å². The lowest BCUT2D eigenvalue weighted by Gasteiger charge is -2.40. The zero-order valence-corrected chi connectivity index (χ0v) is 21.6. The molecule has 0 bridgehead atoms. The van der Waals surface area contributed by atoms with Gasteiger partial charge in [-0.05, 0) is 112 Å². The van der Waals surface area contributed by atoms with Crippen LogP contribution in [0.2, 0.25) is 0 Å². The second-order valence-electron chi connectivity index (χ2n) is 9.24. The predicted molar refractivity (Wildman–Crippen MR) is 145 cm³/mol. The first-order valence-electron chi connectivity index (χ1n) is 12.2. The summed E-state index contributed by atoms with van der Waals surface area (Å²) in [6.45, 7) is 4.49. The number of likely N-dealkylation sites (N-methyl/N-ethyl adjacent to an activating group) is 1. The number of rotatable bonds is 9. The van der Waals surface area contributed by atoms with Crippen molar-refractivity contribution in [2.75, 3.05) is 39.1 Å². The van der Waals surface area contributed by atoms with E-state index < -0.39 is 0 Å². The predicted octanol–water partition coefficient (Wildman–Crippen LogP) is 5.18. The van der Waals surface area contributed by atoms with Crippen LogP contribution in [0.4, 0.5) is 5.69 Å². The van der Waals surface area contributed by atoms with Crippen LogP contribution in [0.3, 0.4) is 0 Å². The van der Waals surface area contributed by atoms with Gasteiger partial charge >= 0.3 is 0 Å². The van der Waals surface area contributed by atoms with Gasteiger partial charge in [0.1, 0.15) is 5.75 Å². The summed E-state index contributed by atoms with van der Waals surface area (Å²) in [7, 11) is 3.47. The Labute approximate surface area is 213 Å². The minimum absolute atomic E-state index is 0.0217. The average Bonchev–Trinajstić information content (AvgIpc) is 2.87. The number of hydrogen-bond acceptors (Lipinski definition) is 5. The molecule has 0 spiro atoms. The highest BCUT2D eigenvalue weighted by Gasteiger charge is 2.35. The van der Waals surface area contributed by atoms with Crippen LogP contribution in [0.5, 0.6) is 5.75 Å². The van der Waals surface area contributed by atoms with Crippen LogP contribution in [-0.2, 0) is 16.6 Å². The van der Waals surface area contributed by atoms with Gasteiger partial charge in [0, 0.05) is 20.9 Å². The molecular weight excluding hydrogens is 454 g/mol. The van der Waals surface area contributed by atoms with Gasteiger partial charge < -0.3 is 20.7 Å². The number of nitrogens with one attached hydrogen (secondary N) is 3. The van der Waals surface area contributed by atoms with E-state index in [0.717, 1.165) is 43.8 Å². The van der Waals surface area contributed by atoms with Gasteiger partial charge in [-0.25, -0.2) is 0 Å². The third-order valence-corrected chi connectivity index (χ3v) is 7.77. The van der Waals surface area contributed by atoms with Crippen LogP contribution >= 0.6 is 11.8 Å². The van der Waals surface area contributed by atoms with Gasteiger partial charge in [-0.2, -0.15) is 0 Å². The molecule has 1 heterocycles. The molecule has 1 aliphatic rings. The van der Waals surface area contributed by atoms with Gasteiger partial charge in [-0.1, -0.05) is 30.0 Å². The Bertz CT molecular complexity index is 1120. The number of carbonyl (C=O) groups is 1. The van der Waals surface area contributed by atoms with Crippen LogP contribution in [0.25, 0.3) is 0 Å². The second-order valence-corrected chi connectivity index (χ2v) is 10.4. The molecule has 0 unspecified atom stereocenters. The minimum atomic E-state index is -0.0217. The van der Waals surface area contributed by atoms with E-state index in [1.54, 1.807) is 25.9 Å². The molecule has 0 aromatic heterocycles. The normalized spacial score (nSPS) is 14.9. The van der Waals surface area contributed by atoms with Crippen molar-refractivity contribution in [2.45, 2.75) is 41.4 Å². The van der Waals surface area contributed by atoms with E-state index in [1.807, 2.05) is 18.2 Å². The summed E-state index contributed by atoms with van der Waals surface area (Å²) in [6, 6.07) is 23.5. The lowest BCUT2D eigenvalue weighted by Crippen LogP contribution is -2.42. The number of carbonyl (C=O) groups excluding carboxylic acids is 1. The van der Waals surface area contributed by atoms with Crippen LogP contribution < -0.4 is 20.7 Å². The standard InChI is InChI=1S/C29H35N3O2S/c1-21-4-7-23(32-28(33)20-30-2)18-27(21)29(14-16-31-17-15-29)19-22-5-10-25(11-6-22)35-26-12-8-24(34-3)9-13-26/h4-13,18,30-31H,14-17,19-20H2,1-3H3,(H,32,33). The Kier molecular flexibility index (Phi) is 8.50. The summed E-state index contributed by atoms with van der Waals surface area (Å²) in [4.78, 5) is 14.6. The molecule has 0 radical (unpaired) electrons. The van der Waals surface area contributed by atoms with Crippen molar-refractivity contribution in [1.29, 1.82) is 0 Å². The van der Waals surface area contributed by atoms with Gasteiger partial charge in [0.05, 0.1) is 13.7 Å². The first-order valence-corrected chi connectivity index (χ1v) is 13.0. The second kappa shape index (κ2) is 11.8. The third kappa shape index (κ3) is 6.45. The van der Waals surface area contributed by atoms with Crippen molar-refractivity contribution >= 4 is 23.4 Å². The summed E-state index contributed by atoms with van der Waals surface area (Å²) in [5.41, 5.74) is 4.89. The van der Waals surface area contributed by atoms with Crippen molar-refractivity contribution in [3.63, 3.8) is 0 Å². The number of methoxy groups -OCH3 is 1. The lowest BCUT2D eigenvalue weighted by atomic mass is 9.68. The molecule has 3 aromatic rings. The Balaban J connectivity index is 1.54. The number of hydrogen-bond donors (Lipinski definition) is 3. The third-order valence-electron chi connectivity index (χ3n) is 6.75. The van der Waals surface area contributed by atoms with Crippen LogP contribution in [0, 0.1) is 6.92 Å². The first-order chi connectivity index (χ1) is 17.0. The van der Waals surface area contributed by atoms with E-state index in [2.05, 4.69) is 71.4 Å². The van der Waals surface area contributed by atoms with Gasteiger partial charge in [0.15, 0.2) is 0 Å². The van der Waals surface area contributed by atoms with E-state index in [-0.39, 0.29) is 11.3 Å². The highest BCUT2D eigenvalue weighted by atomic mass is 32.2. The quantitative estimate of drug-likeness (QED) is 0.387. The molecule has 35 heavy (non-hydrogen) atoms. The summed E-state index contributed by atoms with van der Waals surface area (Å²) in [6.07, 6.45) is 3.13. The zero-order chi connectivity index (χ0) is 24.7. The molecular formula is C29H35N3O2S. The number of anilines is 1. The fraction of sp³-hybridized carbons (Fsp3) is 0.345. The first kappa shape index (κ1) is 25.3. The summed E-state index contributed by atoms with van der Waals surface area (Å²) in [5, 5.41) is 9.49. The van der Waals surface area contributed by atoms with E-state index in [9.17, 15) is 4.79 Å². The molecule has 3 N–H and O–H groups in total. The minimum Gasteiger partial charge on any atom is -0.497 e. The van der Waals surface area contributed by atoms with Crippen molar-refractivity contribution in [3.05, 3.63) is 83.4 Å². The van der Waals surface area contributed by atoms with Crippen molar-refractivity contribution in [2.24, 2.45) is 0 Å². The number of benzene rings is 3. The highest BCUT2D eigenvalue weighted by Crippen LogP contribution is 2.40. The maximum atomic E-state index is 12.2. The zero-order valence-electron chi connectivity index (χ0n) is 20.8. The number of ether oxygens (including phenoxy) is 1. The Morgan fingerprint density at radius 3 is 2.29 bits per heavy atom. The highest BCUT2D eigenvalue weighted by molar-refractivity contribution is 7.99. The Morgan fingerprint density at radius 2 is 1.66 bits per heavy atom. The molecule has 1 fully saturated rings. The Hall–Kier alpha value is -2.80. The summed E-state index contributed by atoms with van der Waals surface area (Å²) >= 11 is 1.76. The fourth-order valence-electron chi connectivity index (χ4n) is 4.93. The van der Waals surface area contributed by atoms with Crippen LogP contribution in [0.1, 0.15) is 29.5 Å². The fourth-order valence-corrected chi connectivity index (χ4v) is 5.75. The van der Waals surface area contributed by atoms with Crippen LogP contribution in [0.15, 0.2) is 76.5 Å². The molecule has 0 aliphatic carbocycles. The molecule has 1 aliphatic heterocycles. The summed E-state index contributed by atoms with van der Waals surface area (Å²) < 4.78 is 5.26. The van der Waals surface area contributed by atoms with Gasteiger partial charge in [0.2, 0.25) is 5.91 Å². The van der Waals surface area contributed by atoms with E-state index >= 15 is 0 Å². The van der Waals surface area contributed by atoms with Crippen molar-refractivity contribution in [3.8, 4) is 5.75 Å². The molecule has 6 heteroatoms. The van der Waals surface area contributed by atoms with E-state index in [4.69, 9.17) is 4.74 Å². The molecule has 4 rings (SSSR count). The SMILES string of the molecule is CNCC(=O)Nc1ccc(C)c(C2(Cc3ccc(Sc4ccc(OC)cc4)cc3)CCNCC2)c1. The number of aryl methyl sites for hydroxylation is 1. The average molecular weight is 490 g/mol. The topological polar surface area (TPSA) is 62.4 Å². The van der Waals surface area contributed by atoms with Gasteiger partial charge in [-0.3, -0.25) is 4.79 Å². The molecule has 0 saturated carbocycles. The van der Waals surface area contributed by atoms with E-state index in [1.165, 1.54) is 26.5 Å². The van der Waals surface area contributed by atoms with Gasteiger partial charge in [0.25, 0.3) is 0 Å². The molecule has 5 nitrogen and oxygen atoms in total. The maximum Gasteiger partial charge on any atom is 0.238 e. The largest absolute Gasteiger partial charge is 0.497 e. The molecule has 184 valence electrons. The lowest BCUT2D eigenvalue weighted by molar-refractivity contribution is -0.115. The van der Waals surface area contributed by atoms with E-state index in [0.29, 0.717) is 6.54 Å². The molecule has 1 saturated heterocycles. The smallest absolute Gasteiger partial charge is 0.238 e. The molecule has 1 amide bonds. The number of piperidine rings is 1. The van der Waals surface area contributed by atoms with Crippen molar-refractivity contribution < 1.29 is 9.53 Å². The van der Waals surface area contributed by atoms with Gasteiger partial charge in [-0.15, -0.1) is 0 Å². The Morgan fingerprint density at radius 1 is 1.00 bits per heavy atom. The maximum absolute atomic E-state index is 12.2. The monoisotopic (exact) mass is 489 g/mol. The molecule has 0 atom stereocenters. The van der Waals surface area contributed by atoms with Crippen molar-refractivity contribution in [1.82, 2.24) is 10.6 Å². The summed E-state index contributed by atoms with van der Waals surface area (Å²) in [5.74, 6) is 0.851. The number of amides is 1.